The summed E-state index contributed by atoms with van der Waals surface area (Å²) >= 11 is 0. The minimum atomic E-state index is -0.134. The third-order valence-electron chi connectivity index (χ3n) is 2.54. The van der Waals surface area contributed by atoms with Crippen LogP contribution < -0.4 is 0 Å². The molecule has 0 saturated carbocycles. The maximum Gasteiger partial charge on any atom is 0.313 e. The summed E-state index contributed by atoms with van der Waals surface area (Å²) < 4.78 is 10.4. The maximum atomic E-state index is 11.5. The second-order valence-corrected chi connectivity index (χ2v) is 3.84. The minimum Gasteiger partial charge on any atom is -0.465 e. The van der Waals surface area contributed by atoms with Gasteiger partial charge in [-0.3, -0.25) is 4.79 Å². The zero-order chi connectivity index (χ0) is 10.7. The molecular formula is C12H14O3. The first-order chi connectivity index (χ1) is 7.25. The van der Waals surface area contributed by atoms with Gasteiger partial charge in [0.05, 0.1) is 12.2 Å². The van der Waals surface area contributed by atoms with Crippen LogP contribution in [0, 0.1) is 5.92 Å². The number of esters is 1. The average Bonchev–Trinajstić information content (AvgIpc) is 2.64. The summed E-state index contributed by atoms with van der Waals surface area (Å²) in [5, 5.41) is 0. The van der Waals surface area contributed by atoms with E-state index in [0.29, 0.717) is 5.76 Å². The second-order valence-electron chi connectivity index (χ2n) is 3.84. The lowest BCUT2D eigenvalue weighted by Gasteiger charge is -2.05. The van der Waals surface area contributed by atoms with Crippen LogP contribution >= 0.6 is 0 Å². The van der Waals surface area contributed by atoms with Crippen molar-refractivity contribution >= 4 is 12.0 Å². The van der Waals surface area contributed by atoms with Gasteiger partial charge in [0.25, 0.3) is 0 Å². The highest BCUT2D eigenvalue weighted by Crippen LogP contribution is 2.23. The fourth-order valence-electron chi connectivity index (χ4n) is 1.61. The Morgan fingerprint density at radius 2 is 2.40 bits per heavy atom. The molecule has 1 aromatic rings. The third-order valence-corrected chi connectivity index (χ3v) is 2.54. The number of cyclic esters (lactones) is 1. The van der Waals surface area contributed by atoms with Crippen LogP contribution in [-0.4, -0.2) is 5.97 Å². The molecule has 1 aliphatic heterocycles. The van der Waals surface area contributed by atoms with Gasteiger partial charge in [-0.2, -0.15) is 0 Å². The topological polar surface area (TPSA) is 39.4 Å². The van der Waals surface area contributed by atoms with Crippen LogP contribution in [0.3, 0.4) is 0 Å². The van der Waals surface area contributed by atoms with E-state index in [1.807, 2.05) is 19.1 Å². The second kappa shape index (κ2) is 4.34. The molecule has 1 saturated heterocycles. The van der Waals surface area contributed by atoms with Crippen LogP contribution in [0.25, 0.3) is 6.08 Å². The fraction of sp³-hybridized carbons (Fsp3) is 0.417. The first-order valence-corrected chi connectivity index (χ1v) is 5.21. The quantitative estimate of drug-likeness (QED) is 0.663. The van der Waals surface area contributed by atoms with Crippen LogP contribution in [-0.2, 0) is 9.53 Å². The Kier molecular flexibility index (Phi) is 2.90. The van der Waals surface area contributed by atoms with Gasteiger partial charge in [0.2, 0.25) is 0 Å². The molecule has 1 atom stereocenters. The van der Waals surface area contributed by atoms with Crippen LogP contribution in [0.5, 0.6) is 0 Å². The molecule has 0 aromatic carbocycles. The normalized spacial score (nSPS) is 25.0. The van der Waals surface area contributed by atoms with Crippen molar-refractivity contribution in [1.82, 2.24) is 0 Å². The zero-order valence-electron chi connectivity index (χ0n) is 8.73. The summed E-state index contributed by atoms with van der Waals surface area (Å²) in [6.45, 7) is 1.90. The van der Waals surface area contributed by atoms with Crippen LogP contribution in [0.2, 0.25) is 0 Å². The predicted octanol–water partition coefficient (Wildman–Crippen LogP) is 2.98. The monoisotopic (exact) mass is 206 g/mol. The SMILES string of the molecule is CC1CCC/C(=C\c2ccco2)OC1=O. The largest absolute Gasteiger partial charge is 0.465 e. The summed E-state index contributed by atoms with van der Waals surface area (Å²) in [5.41, 5.74) is 0. The van der Waals surface area contributed by atoms with Gasteiger partial charge in [-0.15, -0.1) is 0 Å². The number of carbonyl (C=O) groups is 1. The van der Waals surface area contributed by atoms with E-state index < -0.39 is 0 Å². The lowest BCUT2D eigenvalue weighted by Crippen LogP contribution is -2.10. The Morgan fingerprint density at radius 1 is 1.53 bits per heavy atom. The van der Waals surface area contributed by atoms with Crippen LogP contribution in [0.4, 0.5) is 0 Å². The lowest BCUT2D eigenvalue weighted by molar-refractivity contribution is -0.142. The summed E-state index contributed by atoms with van der Waals surface area (Å²) in [6, 6.07) is 3.66. The molecule has 2 heterocycles. The molecular weight excluding hydrogens is 192 g/mol. The van der Waals surface area contributed by atoms with E-state index in [9.17, 15) is 4.79 Å². The summed E-state index contributed by atoms with van der Waals surface area (Å²) in [6.07, 6.45) is 6.08. The number of allylic oxidation sites excluding steroid dienone is 1. The summed E-state index contributed by atoms with van der Waals surface area (Å²) in [5.74, 6) is 1.31. The highest BCUT2D eigenvalue weighted by Gasteiger charge is 2.20. The summed E-state index contributed by atoms with van der Waals surface area (Å²) in [4.78, 5) is 11.5. The molecule has 0 bridgehead atoms. The molecule has 1 aromatic heterocycles. The molecule has 0 spiro atoms. The molecule has 0 amide bonds. The molecule has 3 heteroatoms. The highest BCUT2D eigenvalue weighted by molar-refractivity contribution is 5.74. The Balaban J connectivity index is 2.13. The smallest absolute Gasteiger partial charge is 0.313 e. The molecule has 80 valence electrons. The highest BCUT2D eigenvalue weighted by atomic mass is 16.5. The number of rotatable bonds is 1. The lowest BCUT2D eigenvalue weighted by atomic mass is 10.1. The Bertz CT molecular complexity index is 362. The van der Waals surface area contributed by atoms with Crippen molar-refractivity contribution < 1.29 is 13.9 Å². The third kappa shape index (κ3) is 2.49. The van der Waals surface area contributed by atoms with Gasteiger partial charge in [-0.1, -0.05) is 6.92 Å². The van der Waals surface area contributed by atoms with Crippen molar-refractivity contribution in [2.45, 2.75) is 26.2 Å². The van der Waals surface area contributed by atoms with E-state index in [2.05, 4.69) is 0 Å². The molecule has 2 rings (SSSR count). The van der Waals surface area contributed by atoms with E-state index in [-0.39, 0.29) is 11.9 Å². The Morgan fingerprint density at radius 3 is 3.13 bits per heavy atom. The molecule has 15 heavy (non-hydrogen) atoms. The summed E-state index contributed by atoms with van der Waals surface area (Å²) in [7, 11) is 0. The molecule has 0 radical (unpaired) electrons. The van der Waals surface area contributed by atoms with Crippen LogP contribution in [0.15, 0.2) is 28.6 Å². The maximum absolute atomic E-state index is 11.5. The molecule has 3 nitrogen and oxygen atoms in total. The first-order valence-electron chi connectivity index (χ1n) is 5.21. The average molecular weight is 206 g/mol. The minimum absolute atomic E-state index is 0.00695. The molecule has 1 aliphatic rings. The molecule has 1 unspecified atom stereocenters. The number of ether oxygens (including phenoxy) is 1. The number of hydrogen-bond acceptors (Lipinski definition) is 3. The van der Waals surface area contributed by atoms with Gasteiger partial charge in [0.1, 0.15) is 11.5 Å². The van der Waals surface area contributed by atoms with E-state index in [1.54, 1.807) is 12.3 Å². The van der Waals surface area contributed by atoms with E-state index in [4.69, 9.17) is 9.15 Å². The van der Waals surface area contributed by atoms with E-state index in [1.165, 1.54) is 0 Å². The predicted molar refractivity (Wildman–Crippen MR) is 55.8 cm³/mol. The molecule has 0 N–H and O–H groups in total. The van der Waals surface area contributed by atoms with Crippen molar-refractivity contribution in [3.63, 3.8) is 0 Å². The zero-order valence-corrected chi connectivity index (χ0v) is 8.73. The first kappa shape index (κ1) is 10.0. The number of hydrogen-bond donors (Lipinski definition) is 0. The fourth-order valence-corrected chi connectivity index (χ4v) is 1.61. The van der Waals surface area contributed by atoms with Crippen molar-refractivity contribution in [2.75, 3.05) is 0 Å². The van der Waals surface area contributed by atoms with Crippen molar-refractivity contribution in [3.05, 3.63) is 29.9 Å². The van der Waals surface area contributed by atoms with Crippen molar-refractivity contribution in [3.8, 4) is 0 Å². The van der Waals surface area contributed by atoms with Gasteiger partial charge < -0.3 is 9.15 Å². The van der Waals surface area contributed by atoms with Gasteiger partial charge in [0, 0.05) is 12.5 Å². The Hall–Kier alpha value is -1.51. The van der Waals surface area contributed by atoms with Gasteiger partial charge in [-0.25, -0.2) is 0 Å². The van der Waals surface area contributed by atoms with Gasteiger partial charge in [-0.05, 0) is 25.0 Å². The van der Waals surface area contributed by atoms with Crippen LogP contribution in [0.1, 0.15) is 31.9 Å². The van der Waals surface area contributed by atoms with E-state index in [0.717, 1.165) is 25.0 Å². The number of carbonyl (C=O) groups excluding carboxylic acids is 1. The van der Waals surface area contributed by atoms with Gasteiger partial charge >= 0.3 is 5.97 Å². The number of furan rings is 1. The Labute approximate surface area is 88.7 Å². The van der Waals surface area contributed by atoms with Crippen molar-refractivity contribution in [1.29, 1.82) is 0 Å². The molecule has 0 aliphatic carbocycles. The van der Waals surface area contributed by atoms with E-state index >= 15 is 0 Å². The van der Waals surface area contributed by atoms with Gasteiger partial charge in [0.15, 0.2) is 0 Å². The van der Waals surface area contributed by atoms with Crippen molar-refractivity contribution in [2.24, 2.45) is 5.92 Å². The molecule has 1 fully saturated rings. The standard InChI is InChI=1S/C12H14O3/c1-9-4-2-5-11(15-12(9)13)8-10-6-3-7-14-10/h3,6-9H,2,4-5H2,1H3/b11-8+.